The Balaban J connectivity index is 2.74. The SMILES string of the molecule is CCOC(=O)CC(=O)C1CCN(C(=O)O)C(C(C)(C)C)C1. The molecule has 0 radical (unpaired) electrons. The van der Waals surface area contributed by atoms with Gasteiger partial charge in [0.15, 0.2) is 0 Å². The Labute approximate surface area is 125 Å². The minimum Gasteiger partial charge on any atom is -0.466 e. The van der Waals surface area contributed by atoms with E-state index in [4.69, 9.17) is 4.74 Å². The number of carbonyl (C=O) groups excluding carboxylic acids is 2. The van der Waals surface area contributed by atoms with Crippen molar-refractivity contribution in [3.63, 3.8) is 0 Å². The van der Waals surface area contributed by atoms with E-state index in [1.54, 1.807) is 6.92 Å². The van der Waals surface area contributed by atoms with Gasteiger partial charge in [0.2, 0.25) is 0 Å². The van der Waals surface area contributed by atoms with Gasteiger partial charge < -0.3 is 14.7 Å². The summed E-state index contributed by atoms with van der Waals surface area (Å²) < 4.78 is 4.79. The third kappa shape index (κ3) is 4.72. The lowest BCUT2D eigenvalue weighted by atomic mass is 9.75. The van der Waals surface area contributed by atoms with Crippen molar-refractivity contribution in [2.24, 2.45) is 11.3 Å². The molecule has 120 valence electrons. The van der Waals surface area contributed by atoms with Crippen LogP contribution in [0.3, 0.4) is 0 Å². The lowest BCUT2D eigenvalue weighted by molar-refractivity contribution is -0.146. The van der Waals surface area contributed by atoms with Gasteiger partial charge in [-0.05, 0) is 25.2 Å². The van der Waals surface area contributed by atoms with Crippen LogP contribution in [-0.4, -0.2) is 47.0 Å². The largest absolute Gasteiger partial charge is 0.466 e. The monoisotopic (exact) mass is 299 g/mol. The number of nitrogens with zero attached hydrogens (tertiary/aromatic N) is 1. The van der Waals surface area contributed by atoms with Gasteiger partial charge in [0.25, 0.3) is 0 Å². The number of Topliss-reactive ketones (excluding diaryl/α,β-unsaturated/α-hetero) is 1. The molecule has 0 spiro atoms. The fraction of sp³-hybridized carbons (Fsp3) is 0.800. The Bertz CT molecular complexity index is 413. The molecule has 1 fully saturated rings. The summed E-state index contributed by atoms with van der Waals surface area (Å²) in [6.07, 6.45) is -0.237. The molecular weight excluding hydrogens is 274 g/mol. The summed E-state index contributed by atoms with van der Waals surface area (Å²) in [4.78, 5) is 36.3. The smallest absolute Gasteiger partial charge is 0.407 e. The number of carbonyl (C=O) groups is 3. The first-order valence-corrected chi connectivity index (χ1v) is 7.34. The second-order valence-corrected chi connectivity index (χ2v) is 6.53. The number of piperidine rings is 1. The zero-order valence-corrected chi connectivity index (χ0v) is 13.2. The number of ether oxygens (including phenoxy) is 1. The molecule has 1 aliphatic heterocycles. The number of ketones is 1. The van der Waals surface area contributed by atoms with E-state index in [1.165, 1.54) is 4.90 Å². The van der Waals surface area contributed by atoms with E-state index in [1.807, 2.05) is 20.8 Å². The van der Waals surface area contributed by atoms with Gasteiger partial charge in [0, 0.05) is 18.5 Å². The predicted octanol–water partition coefficient (Wildman–Crippen LogP) is 2.31. The van der Waals surface area contributed by atoms with Crippen molar-refractivity contribution in [1.29, 1.82) is 0 Å². The Morgan fingerprint density at radius 3 is 2.38 bits per heavy atom. The molecule has 6 heteroatoms. The van der Waals surface area contributed by atoms with Gasteiger partial charge in [-0.25, -0.2) is 4.79 Å². The fourth-order valence-electron chi connectivity index (χ4n) is 2.81. The first-order valence-electron chi connectivity index (χ1n) is 7.34. The third-order valence-corrected chi connectivity index (χ3v) is 3.93. The van der Waals surface area contributed by atoms with Crippen LogP contribution in [-0.2, 0) is 14.3 Å². The number of rotatable bonds is 4. The summed E-state index contributed by atoms with van der Waals surface area (Å²) in [6, 6.07) is -0.222. The highest BCUT2D eigenvalue weighted by Gasteiger charge is 2.40. The molecule has 21 heavy (non-hydrogen) atoms. The number of amides is 1. The van der Waals surface area contributed by atoms with E-state index < -0.39 is 12.1 Å². The normalized spacial score (nSPS) is 22.8. The van der Waals surface area contributed by atoms with Crippen molar-refractivity contribution in [3.8, 4) is 0 Å². The minimum atomic E-state index is -0.953. The highest BCUT2D eigenvalue weighted by molar-refractivity contribution is 5.96. The molecule has 0 saturated carbocycles. The van der Waals surface area contributed by atoms with Crippen molar-refractivity contribution in [2.75, 3.05) is 13.2 Å². The van der Waals surface area contributed by atoms with E-state index in [0.29, 0.717) is 19.4 Å². The third-order valence-electron chi connectivity index (χ3n) is 3.93. The van der Waals surface area contributed by atoms with Crippen LogP contribution in [0.1, 0.15) is 47.0 Å². The molecular formula is C15H25NO5. The van der Waals surface area contributed by atoms with E-state index in [9.17, 15) is 19.5 Å². The fourth-order valence-corrected chi connectivity index (χ4v) is 2.81. The van der Waals surface area contributed by atoms with Crippen LogP contribution >= 0.6 is 0 Å². The Kier molecular flexibility index (Phi) is 5.75. The standard InChI is InChI=1S/C15H25NO5/c1-5-21-13(18)9-11(17)10-6-7-16(14(19)20)12(8-10)15(2,3)4/h10,12H,5-9H2,1-4H3,(H,19,20). The van der Waals surface area contributed by atoms with Crippen LogP contribution in [0.4, 0.5) is 4.79 Å². The summed E-state index contributed by atoms with van der Waals surface area (Å²) >= 11 is 0. The van der Waals surface area contributed by atoms with Gasteiger partial charge in [-0.15, -0.1) is 0 Å². The lowest BCUT2D eigenvalue weighted by Gasteiger charge is -2.44. The molecule has 1 aliphatic rings. The summed E-state index contributed by atoms with van der Waals surface area (Å²) in [5.41, 5.74) is -0.249. The zero-order valence-electron chi connectivity index (χ0n) is 13.2. The Morgan fingerprint density at radius 1 is 1.29 bits per heavy atom. The quantitative estimate of drug-likeness (QED) is 0.636. The first-order chi connectivity index (χ1) is 9.66. The number of esters is 1. The second-order valence-electron chi connectivity index (χ2n) is 6.53. The van der Waals surface area contributed by atoms with Gasteiger partial charge >= 0.3 is 12.1 Å². The summed E-state index contributed by atoms with van der Waals surface area (Å²) in [7, 11) is 0. The van der Waals surface area contributed by atoms with Crippen LogP contribution < -0.4 is 0 Å². The highest BCUT2D eigenvalue weighted by atomic mass is 16.5. The molecule has 0 aliphatic carbocycles. The van der Waals surface area contributed by atoms with E-state index in [-0.39, 0.29) is 36.2 Å². The number of hydrogen-bond donors (Lipinski definition) is 1. The molecule has 0 bridgehead atoms. The van der Waals surface area contributed by atoms with Gasteiger partial charge in [-0.2, -0.15) is 0 Å². The molecule has 0 aromatic rings. The Morgan fingerprint density at radius 2 is 1.90 bits per heavy atom. The average Bonchev–Trinajstić information content (AvgIpc) is 2.37. The molecule has 1 saturated heterocycles. The van der Waals surface area contributed by atoms with Crippen molar-refractivity contribution in [2.45, 2.75) is 53.0 Å². The minimum absolute atomic E-state index is 0.146. The average molecular weight is 299 g/mol. The summed E-state index contributed by atoms with van der Waals surface area (Å²) in [5.74, 6) is -0.919. The van der Waals surface area contributed by atoms with Crippen LogP contribution in [0.25, 0.3) is 0 Å². The van der Waals surface area contributed by atoms with Crippen molar-refractivity contribution in [1.82, 2.24) is 4.90 Å². The molecule has 2 unspecified atom stereocenters. The molecule has 1 heterocycles. The van der Waals surface area contributed by atoms with Crippen LogP contribution in [0.5, 0.6) is 0 Å². The molecule has 1 rings (SSSR count). The summed E-state index contributed by atoms with van der Waals surface area (Å²) in [6.45, 7) is 8.18. The van der Waals surface area contributed by atoms with Crippen molar-refractivity contribution >= 4 is 17.8 Å². The zero-order chi connectivity index (χ0) is 16.2. The molecule has 1 amide bonds. The maximum Gasteiger partial charge on any atom is 0.407 e. The van der Waals surface area contributed by atoms with E-state index in [2.05, 4.69) is 0 Å². The first kappa shape index (κ1) is 17.5. The van der Waals surface area contributed by atoms with Gasteiger partial charge in [0.1, 0.15) is 12.2 Å². The predicted molar refractivity (Wildman–Crippen MR) is 77.0 cm³/mol. The highest BCUT2D eigenvalue weighted by Crippen LogP contribution is 2.35. The van der Waals surface area contributed by atoms with Crippen molar-refractivity contribution in [3.05, 3.63) is 0 Å². The number of likely N-dealkylation sites (tertiary alicyclic amines) is 1. The molecule has 0 aromatic heterocycles. The maximum atomic E-state index is 12.2. The summed E-state index contributed by atoms with van der Waals surface area (Å²) in [5, 5.41) is 9.28. The van der Waals surface area contributed by atoms with Gasteiger partial charge in [0.05, 0.1) is 6.61 Å². The van der Waals surface area contributed by atoms with Crippen LogP contribution in [0.15, 0.2) is 0 Å². The number of carboxylic acid groups (broad SMARTS) is 1. The van der Waals surface area contributed by atoms with Crippen molar-refractivity contribution < 1.29 is 24.2 Å². The maximum absolute atomic E-state index is 12.2. The van der Waals surface area contributed by atoms with Crippen LogP contribution in [0, 0.1) is 11.3 Å². The van der Waals surface area contributed by atoms with Gasteiger partial charge in [-0.3, -0.25) is 9.59 Å². The number of hydrogen-bond acceptors (Lipinski definition) is 4. The molecule has 6 nitrogen and oxygen atoms in total. The van der Waals surface area contributed by atoms with E-state index >= 15 is 0 Å². The molecule has 0 aromatic carbocycles. The lowest BCUT2D eigenvalue weighted by Crippen LogP contribution is -2.52. The second kappa shape index (κ2) is 6.91. The topological polar surface area (TPSA) is 83.9 Å². The van der Waals surface area contributed by atoms with E-state index in [0.717, 1.165) is 0 Å². The van der Waals surface area contributed by atoms with Gasteiger partial charge in [-0.1, -0.05) is 20.8 Å². The van der Waals surface area contributed by atoms with Crippen LogP contribution in [0.2, 0.25) is 0 Å². The molecule has 1 N–H and O–H groups in total. The molecule has 2 atom stereocenters. The Hall–Kier alpha value is -1.59.